The Labute approximate surface area is 126 Å². The molecule has 1 fully saturated rings. The number of nitrogen functional groups attached to an aromatic ring is 1. The Morgan fingerprint density at radius 1 is 1.10 bits per heavy atom. The zero-order valence-electron chi connectivity index (χ0n) is 13.1. The number of benzene rings is 1. The number of hydrogen-bond donors (Lipinski definition) is 1. The summed E-state index contributed by atoms with van der Waals surface area (Å²) in [4.78, 5) is 9.11. The van der Waals surface area contributed by atoms with Gasteiger partial charge in [-0.05, 0) is 31.2 Å². The molecular formula is C18H23N3. The first-order chi connectivity index (χ1) is 10.1. The van der Waals surface area contributed by atoms with Crippen LogP contribution in [-0.2, 0) is 0 Å². The number of nitrogens with zero attached hydrogens (tertiary/aromatic N) is 2. The predicted molar refractivity (Wildman–Crippen MR) is 87.3 cm³/mol. The van der Waals surface area contributed by atoms with Gasteiger partial charge < -0.3 is 5.73 Å². The van der Waals surface area contributed by atoms with Gasteiger partial charge in [-0.25, -0.2) is 9.97 Å². The summed E-state index contributed by atoms with van der Waals surface area (Å²) in [7, 11) is 0. The minimum absolute atomic E-state index is 0.279. The summed E-state index contributed by atoms with van der Waals surface area (Å²) in [5.74, 6) is 2.45. The molecule has 0 radical (unpaired) electrons. The van der Waals surface area contributed by atoms with E-state index in [-0.39, 0.29) is 5.92 Å². The van der Waals surface area contributed by atoms with Crippen molar-refractivity contribution in [3.8, 4) is 11.3 Å². The topological polar surface area (TPSA) is 51.8 Å². The molecule has 1 aromatic heterocycles. The lowest BCUT2D eigenvalue weighted by Gasteiger charge is -2.25. The van der Waals surface area contributed by atoms with Crippen molar-refractivity contribution in [2.24, 2.45) is 0 Å². The van der Waals surface area contributed by atoms with Gasteiger partial charge in [-0.3, -0.25) is 0 Å². The highest BCUT2D eigenvalue weighted by atomic mass is 15.0. The molecule has 21 heavy (non-hydrogen) atoms. The number of rotatable bonds is 3. The first-order valence-corrected chi connectivity index (χ1v) is 7.80. The average molecular weight is 281 g/mol. The van der Waals surface area contributed by atoms with Gasteiger partial charge in [-0.15, -0.1) is 0 Å². The van der Waals surface area contributed by atoms with Crippen molar-refractivity contribution in [2.75, 3.05) is 5.73 Å². The van der Waals surface area contributed by atoms with Crippen molar-refractivity contribution < 1.29 is 0 Å². The molecule has 0 unspecified atom stereocenters. The molecule has 2 N–H and O–H groups in total. The highest BCUT2D eigenvalue weighted by molar-refractivity contribution is 5.67. The van der Waals surface area contributed by atoms with Crippen LogP contribution in [0, 0.1) is 6.92 Å². The second-order valence-corrected chi connectivity index (χ2v) is 6.35. The van der Waals surface area contributed by atoms with Gasteiger partial charge >= 0.3 is 0 Å². The third-order valence-corrected chi connectivity index (χ3v) is 4.48. The quantitative estimate of drug-likeness (QED) is 0.905. The molecule has 1 saturated carbocycles. The molecule has 2 aromatic rings. The highest BCUT2D eigenvalue weighted by Crippen LogP contribution is 2.37. The van der Waals surface area contributed by atoms with Crippen LogP contribution in [0.15, 0.2) is 24.3 Å². The van der Waals surface area contributed by atoms with Gasteiger partial charge in [0.1, 0.15) is 11.6 Å². The minimum atomic E-state index is 0.279. The van der Waals surface area contributed by atoms with E-state index < -0.39 is 0 Å². The third kappa shape index (κ3) is 2.65. The third-order valence-electron chi connectivity index (χ3n) is 4.48. The van der Waals surface area contributed by atoms with Gasteiger partial charge in [0, 0.05) is 17.0 Å². The van der Waals surface area contributed by atoms with Crippen LogP contribution in [0.25, 0.3) is 11.3 Å². The maximum atomic E-state index is 6.05. The molecule has 3 rings (SSSR count). The fourth-order valence-electron chi connectivity index (χ4n) is 2.75. The SMILES string of the molecule is Cc1c(N)nc(C(C)C)nc1-c1ccc(C2CCC2)cc1. The highest BCUT2D eigenvalue weighted by Gasteiger charge is 2.19. The maximum absolute atomic E-state index is 6.05. The maximum Gasteiger partial charge on any atom is 0.133 e. The molecule has 3 nitrogen and oxygen atoms in total. The minimum Gasteiger partial charge on any atom is -0.383 e. The van der Waals surface area contributed by atoms with E-state index >= 15 is 0 Å². The van der Waals surface area contributed by atoms with Crippen molar-refractivity contribution in [2.45, 2.75) is 51.9 Å². The van der Waals surface area contributed by atoms with E-state index in [1.165, 1.54) is 24.8 Å². The predicted octanol–water partition coefficient (Wildman–Crippen LogP) is 4.43. The van der Waals surface area contributed by atoms with E-state index in [2.05, 4.69) is 43.1 Å². The van der Waals surface area contributed by atoms with Crippen LogP contribution in [0.1, 0.15) is 61.9 Å². The molecule has 0 atom stereocenters. The second kappa shape index (κ2) is 5.47. The fraction of sp³-hybridized carbons (Fsp3) is 0.444. The van der Waals surface area contributed by atoms with Gasteiger partial charge in [0.25, 0.3) is 0 Å². The standard InChI is InChI=1S/C18H23N3/c1-11(2)18-20-16(12(3)17(19)21-18)15-9-7-14(8-10-15)13-5-4-6-13/h7-11,13H,4-6H2,1-3H3,(H2,19,20,21). The normalized spacial score (nSPS) is 15.2. The second-order valence-electron chi connectivity index (χ2n) is 6.35. The van der Waals surface area contributed by atoms with E-state index in [1.54, 1.807) is 0 Å². The zero-order chi connectivity index (χ0) is 15.0. The summed E-state index contributed by atoms with van der Waals surface area (Å²) in [5.41, 5.74) is 10.6. The summed E-state index contributed by atoms with van der Waals surface area (Å²) in [6.07, 6.45) is 4.03. The van der Waals surface area contributed by atoms with Crippen LogP contribution in [0.5, 0.6) is 0 Å². The molecular weight excluding hydrogens is 258 g/mol. The first kappa shape index (κ1) is 14.1. The lowest BCUT2D eigenvalue weighted by Crippen LogP contribution is -2.08. The molecule has 110 valence electrons. The van der Waals surface area contributed by atoms with Crippen molar-refractivity contribution in [3.05, 3.63) is 41.2 Å². The van der Waals surface area contributed by atoms with Gasteiger partial charge in [0.05, 0.1) is 5.69 Å². The Kier molecular flexibility index (Phi) is 3.66. The summed E-state index contributed by atoms with van der Waals surface area (Å²) in [6, 6.07) is 8.83. The number of aromatic nitrogens is 2. The fourth-order valence-corrected chi connectivity index (χ4v) is 2.75. The Morgan fingerprint density at radius 2 is 1.76 bits per heavy atom. The van der Waals surface area contributed by atoms with E-state index in [4.69, 9.17) is 10.7 Å². The monoisotopic (exact) mass is 281 g/mol. The lowest BCUT2D eigenvalue weighted by atomic mass is 9.80. The Balaban J connectivity index is 1.98. The Bertz CT molecular complexity index is 640. The zero-order valence-corrected chi connectivity index (χ0v) is 13.1. The molecule has 0 saturated heterocycles. The first-order valence-electron chi connectivity index (χ1n) is 7.80. The van der Waals surface area contributed by atoms with Crippen LogP contribution in [0.2, 0.25) is 0 Å². The lowest BCUT2D eigenvalue weighted by molar-refractivity contribution is 0.420. The van der Waals surface area contributed by atoms with Crippen LogP contribution in [0.3, 0.4) is 0 Å². The molecule has 1 aromatic carbocycles. The van der Waals surface area contributed by atoms with Gasteiger partial charge in [0.15, 0.2) is 0 Å². The molecule has 1 aliphatic rings. The molecule has 0 spiro atoms. The van der Waals surface area contributed by atoms with E-state index in [0.717, 1.165) is 28.6 Å². The van der Waals surface area contributed by atoms with Crippen molar-refractivity contribution in [3.63, 3.8) is 0 Å². The molecule has 0 amide bonds. The van der Waals surface area contributed by atoms with Crippen LogP contribution < -0.4 is 5.73 Å². The molecule has 1 heterocycles. The van der Waals surface area contributed by atoms with Crippen LogP contribution >= 0.6 is 0 Å². The van der Waals surface area contributed by atoms with Crippen LogP contribution in [0.4, 0.5) is 5.82 Å². The Hall–Kier alpha value is -1.90. The summed E-state index contributed by atoms with van der Waals surface area (Å²) in [6.45, 7) is 6.18. The van der Waals surface area contributed by atoms with E-state index in [9.17, 15) is 0 Å². The summed E-state index contributed by atoms with van der Waals surface area (Å²) >= 11 is 0. The van der Waals surface area contributed by atoms with Gasteiger partial charge in [-0.1, -0.05) is 44.5 Å². The number of hydrogen-bond acceptors (Lipinski definition) is 3. The molecule has 3 heteroatoms. The van der Waals surface area contributed by atoms with Crippen molar-refractivity contribution in [1.82, 2.24) is 9.97 Å². The van der Waals surface area contributed by atoms with Crippen LogP contribution in [-0.4, -0.2) is 9.97 Å². The van der Waals surface area contributed by atoms with E-state index in [1.807, 2.05) is 6.92 Å². The van der Waals surface area contributed by atoms with Gasteiger partial charge in [-0.2, -0.15) is 0 Å². The molecule has 1 aliphatic carbocycles. The van der Waals surface area contributed by atoms with Crippen molar-refractivity contribution >= 4 is 5.82 Å². The van der Waals surface area contributed by atoms with Gasteiger partial charge in [0.2, 0.25) is 0 Å². The average Bonchev–Trinajstić information content (AvgIpc) is 2.40. The largest absolute Gasteiger partial charge is 0.383 e. The smallest absolute Gasteiger partial charge is 0.133 e. The number of anilines is 1. The van der Waals surface area contributed by atoms with E-state index in [0.29, 0.717) is 5.82 Å². The number of nitrogens with two attached hydrogens (primary N) is 1. The molecule has 0 bridgehead atoms. The molecule has 0 aliphatic heterocycles. The van der Waals surface area contributed by atoms with Crippen molar-refractivity contribution in [1.29, 1.82) is 0 Å². The Morgan fingerprint density at radius 3 is 2.29 bits per heavy atom. The summed E-state index contributed by atoms with van der Waals surface area (Å²) < 4.78 is 0. The summed E-state index contributed by atoms with van der Waals surface area (Å²) in [5, 5.41) is 0.